The monoisotopic (exact) mass is 208 g/mol. The normalized spacial score (nSPS) is 9.53. The van der Waals surface area contributed by atoms with Crippen molar-refractivity contribution < 1.29 is 19.1 Å². The summed E-state index contributed by atoms with van der Waals surface area (Å²) in [6, 6.07) is 4.68. The maximum absolute atomic E-state index is 11.2. The highest BCUT2D eigenvalue weighted by molar-refractivity contribution is 5.94. The Morgan fingerprint density at radius 2 is 1.67 bits per heavy atom. The molecule has 0 amide bonds. The largest absolute Gasteiger partial charge is 0.465 e. The third-order valence-electron chi connectivity index (χ3n) is 2.05. The molecule has 15 heavy (non-hydrogen) atoms. The fourth-order valence-corrected chi connectivity index (χ4v) is 1.25. The number of benzene rings is 1. The van der Waals surface area contributed by atoms with Crippen molar-refractivity contribution in [3.63, 3.8) is 0 Å². The Labute approximate surface area is 87.8 Å². The lowest BCUT2D eigenvalue weighted by atomic mass is 10.1. The second-order valence-corrected chi connectivity index (χ2v) is 3.01. The molecule has 0 saturated carbocycles. The number of methoxy groups -OCH3 is 2. The van der Waals surface area contributed by atoms with Gasteiger partial charge in [-0.05, 0) is 30.7 Å². The first-order valence-electron chi connectivity index (χ1n) is 4.37. The molecule has 4 nitrogen and oxygen atoms in total. The van der Waals surface area contributed by atoms with E-state index in [1.807, 2.05) is 0 Å². The molecule has 0 aromatic heterocycles. The number of hydrogen-bond donors (Lipinski definition) is 0. The Balaban J connectivity index is 3.08. The fourth-order valence-electron chi connectivity index (χ4n) is 1.25. The lowest BCUT2D eigenvalue weighted by Crippen LogP contribution is -2.07. The van der Waals surface area contributed by atoms with Crippen molar-refractivity contribution in [1.29, 1.82) is 0 Å². The van der Waals surface area contributed by atoms with Crippen LogP contribution in [-0.2, 0) is 9.47 Å². The third-order valence-corrected chi connectivity index (χ3v) is 2.05. The number of ether oxygens (including phenoxy) is 2. The molecule has 1 aromatic carbocycles. The van der Waals surface area contributed by atoms with Crippen LogP contribution in [0.4, 0.5) is 0 Å². The molecule has 0 N–H and O–H groups in total. The number of rotatable bonds is 2. The average Bonchev–Trinajstić information content (AvgIpc) is 2.26. The Morgan fingerprint density at radius 1 is 1.07 bits per heavy atom. The van der Waals surface area contributed by atoms with Crippen molar-refractivity contribution in [2.24, 2.45) is 0 Å². The standard InChI is InChI=1S/C11H12O4/c1-7-6-8(10(12)14-2)4-5-9(7)11(13)15-3/h4-6H,1-3H3. The Kier molecular flexibility index (Phi) is 3.44. The third kappa shape index (κ3) is 2.34. The van der Waals surface area contributed by atoms with Gasteiger partial charge in [0.1, 0.15) is 0 Å². The molecule has 0 saturated heterocycles. The van der Waals surface area contributed by atoms with Crippen molar-refractivity contribution in [2.75, 3.05) is 14.2 Å². The van der Waals surface area contributed by atoms with Crippen LogP contribution in [0.2, 0.25) is 0 Å². The molecule has 0 atom stereocenters. The van der Waals surface area contributed by atoms with Crippen LogP contribution in [0, 0.1) is 6.92 Å². The van der Waals surface area contributed by atoms with E-state index in [0.717, 1.165) is 0 Å². The Hall–Kier alpha value is -1.84. The molecule has 1 rings (SSSR count). The van der Waals surface area contributed by atoms with Crippen LogP contribution in [0.15, 0.2) is 18.2 Å². The molecule has 4 heteroatoms. The van der Waals surface area contributed by atoms with Crippen molar-refractivity contribution in [3.05, 3.63) is 34.9 Å². The van der Waals surface area contributed by atoms with E-state index in [-0.39, 0.29) is 0 Å². The lowest BCUT2D eigenvalue weighted by molar-refractivity contribution is 0.0586. The van der Waals surface area contributed by atoms with Gasteiger partial charge in [0.25, 0.3) is 0 Å². The molecular weight excluding hydrogens is 196 g/mol. The van der Waals surface area contributed by atoms with Gasteiger partial charge in [-0.2, -0.15) is 0 Å². The van der Waals surface area contributed by atoms with E-state index in [4.69, 9.17) is 0 Å². The second kappa shape index (κ2) is 4.59. The van der Waals surface area contributed by atoms with Crippen molar-refractivity contribution in [3.8, 4) is 0 Å². The predicted octanol–water partition coefficient (Wildman–Crippen LogP) is 1.57. The van der Waals surface area contributed by atoms with E-state index in [9.17, 15) is 9.59 Å². The lowest BCUT2D eigenvalue weighted by Gasteiger charge is -2.05. The van der Waals surface area contributed by atoms with Gasteiger partial charge in [-0.15, -0.1) is 0 Å². The summed E-state index contributed by atoms with van der Waals surface area (Å²) >= 11 is 0. The summed E-state index contributed by atoms with van der Waals surface area (Å²) in [4.78, 5) is 22.4. The summed E-state index contributed by atoms with van der Waals surface area (Å²) in [5.74, 6) is -0.835. The van der Waals surface area contributed by atoms with Gasteiger partial charge in [0.15, 0.2) is 0 Å². The Morgan fingerprint density at radius 3 is 2.13 bits per heavy atom. The van der Waals surface area contributed by atoms with Crippen molar-refractivity contribution >= 4 is 11.9 Å². The number of carbonyl (C=O) groups excluding carboxylic acids is 2. The van der Waals surface area contributed by atoms with Crippen LogP contribution in [0.5, 0.6) is 0 Å². The van der Waals surface area contributed by atoms with E-state index < -0.39 is 11.9 Å². The van der Waals surface area contributed by atoms with Crippen LogP contribution in [0.1, 0.15) is 26.3 Å². The van der Waals surface area contributed by atoms with E-state index in [2.05, 4.69) is 9.47 Å². The molecule has 0 heterocycles. The molecule has 1 aromatic rings. The van der Waals surface area contributed by atoms with E-state index in [1.54, 1.807) is 19.1 Å². The van der Waals surface area contributed by atoms with Gasteiger partial charge in [0, 0.05) is 0 Å². The van der Waals surface area contributed by atoms with Gasteiger partial charge in [0.05, 0.1) is 25.3 Å². The van der Waals surface area contributed by atoms with Crippen LogP contribution >= 0.6 is 0 Å². The van der Waals surface area contributed by atoms with E-state index in [0.29, 0.717) is 16.7 Å². The van der Waals surface area contributed by atoms with Gasteiger partial charge >= 0.3 is 11.9 Å². The number of hydrogen-bond acceptors (Lipinski definition) is 4. The van der Waals surface area contributed by atoms with Gasteiger partial charge < -0.3 is 9.47 Å². The van der Waals surface area contributed by atoms with Gasteiger partial charge in [0.2, 0.25) is 0 Å². The summed E-state index contributed by atoms with van der Waals surface area (Å²) < 4.78 is 9.15. The Bertz CT molecular complexity index is 396. The van der Waals surface area contributed by atoms with Crippen molar-refractivity contribution in [2.45, 2.75) is 6.92 Å². The minimum atomic E-state index is -0.422. The highest BCUT2D eigenvalue weighted by Crippen LogP contribution is 2.12. The van der Waals surface area contributed by atoms with Crippen molar-refractivity contribution in [1.82, 2.24) is 0 Å². The molecule has 0 unspecified atom stereocenters. The summed E-state index contributed by atoms with van der Waals surface area (Å²) in [5.41, 5.74) is 1.55. The van der Waals surface area contributed by atoms with Gasteiger partial charge in [-0.1, -0.05) is 0 Å². The van der Waals surface area contributed by atoms with Crippen LogP contribution in [0.3, 0.4) is 0 Å². The maximum Gasteiger partial charge on any atom is 0.338 e. The molecule has 0 fully saturated rings. The predicted molar refractivity (Wildman–Crippen MR) is 53.9 cm³/mol. The first-order valence-corrected chi connectivity index (χ1v) is 4.37. The highest BCUT2D eigenvalue weighted by atomic mass is 16.5. The molecule has 0 aliphatic rings. The number of aryl methyl sites for hydroxylation is 1. The summed E-state index contributed by atoms with van der Waals surface area (Å²) in [7, 11) is 2.63. The SMILES string of the molecule is COC(=O)c1ccc(C(=O)OC)c(C)c1. The van der Waals surface area contributed by atoms with Gasteiger partial charge in [-0.25, -0.2) is 9.59 Å². The first kappa shape index (κ1) is 11.2. The summed E-state index contributed by atoms with van der Waals surface area (Å²) in [6.45, 7) is 1.73. The number of carbonyl (C=O) groups is 2. The molecule has 0 bridgehead atoms. The minimum Gasteiger partial charge on any atom is -0.465 e. The van der Waals surface area contributed by atoms with Gasteiger partial charge in [-0.3, -0.25) is 0 Å². The zero-order chi connectivity index (χ0) is 11.4. The first-order chi connectivity index (χ1) is 7.10. The highest BCUT2D eigenvalue weighted by Gasteiger charge is 2.12. The van der Waals surface area contributed by atoms with Crippen LogP contribution in [-0.4, -0.2) is 26.2 Å². The average molecular weight is 208 g/mol. The fraction of sp³-hybridized carbons (Fsp3) is 0.273. The molecule has 0 spiro atoms. The zero-order valence-corrected chi connectivity index (χ0v) is 8.87. The van der Waals surface area contributed by atoms with E-state index in [1.165, 1.54) is 20.3 Å². The molecule has 0 aliphatic heterocycles. The molecule has 0 radical (unpaired) electrons. The summed E-state index contributed by atoms with van der Waals surface area (Å²) in [5, 5.41) is 0. The summed E-state index contributed by atoms with van der Waals surface area (Å²) in [6.07, 6.45) is 0. The zero-order valence-electron chi connectivity index (χ0n) is 8.87. The molecular formula is C11H12O4. The molecule has 0 aliphatic carbocycles. The second-order valence-electron chi connectivity index (χ2n) is 3.01. The number of esters is 2. The molecule has 80 valence electrons. The van der Waals surface area contributed by atoms with Crippen LogP contribution in [0.25, 0.3) is 0 Å². The topological polar surface area (TPSA) is 52.6 Å². The van der Waals surface area contributed by atoms with Crippen LogP contribution < -0.4 is 0 Å². The smallest absolute Gasteiger partial charge is 0.338 e. The maximum atomic E-state index is 11.2. The quantitative estimate of drug-likeness (QED) is 0.692. The van der Waals surface area contributed by atoms with E-state index >= 15 is 0 Å². The minimum absolute atomic E-state index is 0.413.